The van der Waals surface area contributed by atoms with Gasteiger partial charge in [0.15, 0.2) is 0 Å². The average Bonchev–Trinajstić information content (AvgIpc) is 3.02. The molecule has 31 heavy (non-hydrogen) atoms. The molecule has 3 aromatic rings. The first-order chi connectivity index (χ1) is 14.5. The van der Waals surface area contributed by atoms with Crippen molar-refractivity contribution in [1.82, 2.24) is 19.3 Å². The Morgan fingerprint density at radius 3 is 2.48 bits per heavy atom. The van der Waals surface area contributed by atoms with E-state index in [9.17, 15) is 22.8 Å². The van der Waals surface area contributed by atoms with Crippen LogP contribution in [0.15, 0.2) is 35.1 Å². The number of anilines is 1. The largest absolute Gasteiger partial charge is 0.416 e. The first-order valence-corrected chi connectivity index (χ1v) is 9.68. The summed E-state index contributed by atoms with van der Waals surface area (Å²) in [7, 11) is 0. The molecule has 0 atom stereocenters. The number of alkyl halides is 3. The molecule has 3 rings (SSSR count). The van der Waals surface area contributed by atoms with E-state index >= 15 is 0 Å². The molecule has 1 aromatic carbocycles. The minimum atomic E-state index is -4.59. The molecule has 2 heterocycles. The zero-order chi connectivity index (χ0) is 22.9. The first kappa shape index (κ1) is 22.5. The molecule has 164 valence electrons. The summed E-state index contributed by atoms with van der Waals surface area (Å²) in [5, 5.41) is 6.59. The van der Waals surface area contributed by atoms with Crippen LogP contribution in [-0.2, 0) is 23.9 Å². The molecule has 0 aliphatic carbocycles. The summed E-state index contributed by atoms with van der Waals surface area (Å²) in [6.45, 7) is 4.89. The monoisotopic (exact) mass is 453 g/mol. The van der Waals surface area contributed by atoms with Crippen molar-refractivity contribution in [1.29, 1.82) is 0 Å². The Hall–Kier alpha value is -3.14. The molecule has 1 N–H and O–H groups in total. The lowest BCUT2D eigenvalue weighted by atomic mass is 10.2. The molecular weight excluding hydrogens is 435 g/mol. The lowest BCUT2D eigenvalue weighted by Crippen LogP contribution is -2.32. The number of nitrogens with zero attached hydrogens (tertiary/aromatic N) is 4. The Morgan fingerprint density at radius 2 is 1.90 bits per heavy atom. The Bertz CT molecular complexity index is 1200. The van der Waals surface area contributed by atoms with Gasteiger partial charge in [-0.25, -0.2) is 9.67 Å². The summed E-state index contributed by atoms with van der Waals surface area (Å²) in [5.41, 5.74) is 0.264. The van der Waals surface area contributed by atoms with Gasteiger partial charge in [-0.05, 0) is 44.5 Å². The van der Waals surface area contributed by atoms with Crippen molar-refractivity contribution in [2.45, 2.75) is 39.9 Å². The molecule has 11 heteroatoms. The summed E-state index contributed by atoms with van der Waals surface area (Å²) >= 11 is 5.94. The second-order valence-electron chi connectivity index (χ2n) is 6.90. The highest BCUT2D eigenvalue weighted by atomic mass is 35.5. The van der Waals surface area contributed by atoms with Crippen LogP contribution in [-0.4, -0.2) is 25.2 Å². The van der Waals surface area contributed by atoms with Gasteiger partial charge in [0.2, 0.25) is 11.9 Å². The van der Waals surface area contributed by atoms with Crippen LogP contribution < -0.4 is 10.9 Å². The van der Waals surface area contributed by atoms with E-state index in [1.165, 1.54) is 10.7 Å². The van der Waals surface area contributed by atoms with Gasteiger partial charge in [0.1, 0.15) is 6.54 Å². The molecule has 0 unspecified atom stereocenters. The van der Waals surface area contributed by atoms with Crippen molar-refractivity contribution >= 4 is 23.2 Å². The number of aromatic nitrogens is 4. The SMILES string of the molecule is CCc1cc(=O)n(CC(=O)Nc2cc(C(F)(F)F)ccc2Cl)c(-n2nc(C)cc2C)n1. The van der Waals surface area contributed by atoms with Gasteiger partial charge in [0, 0.05) is 17.5 Å². The van der Waals surface area contributed by atoms with Crippen molar-refractivity contribution in [3.8, 4) is 5.95 Å². The molecule has 0 saturated carbocycles. The molecule has 2 aromatic heterocycles. The van der Waals surface area contributed by atoms with E-state index in [1.54, 1.807) is 19.9 Å². The van der Waals surface area contributed by atoms with E-state index in [0.29, 0.717) is 23.5 Å². The minimum absolute atomic E-state index is 0.0630. The lowest BCUT2D eigenvalue weighted by molar-refractivity contribution is -0.137. The number of carbonyl (C=O) groups is 1. The highest BCUT2D eigenvalue weighted by Crippen LogP contribution is 2.33. The van der Waals surface area contributed by atoms with Gasteiger partial charge in [-0.3, -0.25) is 14.2 Å². The molecule has 0 spiro atoms. The Kier molecular flexibility index (Phi) is 6.21. The molecule has 0 aliphatic rings. The third kappa shape index (κ3) is 4.96. The summed E-state index contributed by atoms with van der Waals surface area (Å²) in [6.07, 6.45) is -4.10. The topological polar surface area (TPSA) is 81.8 Å². The molecule has 0 aliphatic heterocycles. The van der Waals surface area contributed by atoms with Crippen molar-refractivity contribution in [3.63, 3.8) is 0 Å². The number of rotatable bonds is 5. The van der Waals surface area contributed by atoms with Crippen molar-refractivity contribution in [2.24, 2.45) is 0 Å². The minimum Gasteiger partial charge on any atom is -0.323 e. The van der Waals surface area contributed by atoms with Crippen LogP contribution in [0.3, 0.4) is 0 Å². The Morgan fingerprint density at radius 1 is 1.19 bits per heavy atom. The van der Waals surface area contributed by atoms with Crippen molar-refractivity contribution in [2.75, 3.05) is 5.32 Å². The number of hydrogen-bond acceptors (Lipinski definition) is 4. The number of carbonyl (C=O) groups excluding carboxylic acids is 1. The van der Waals surface area contributed by atoms with Crippen LogP contribution in [0.25, 0.3) is 5.95 Å². The highest BCUT2D eigenvalue weighted by Gasteiger charge is 2.31. The maximum atomic E-state index is 13.0. The van der Waals surface area contributed by atoms with Gasteiger partial charge in [0.25, 0.3) is 5.56 Å². The average molecular weight is 454 g/mol. The van der Waals surface area contributed by atoms with E-state index in [4.69, 9.17) is 11.6 Å². The van der Waals surface area contributed by atoms with Crippen LogP contribution in [0, 0.1) is 13.8 Å². The number of benzene rings is 1. The van der Waals surface area contributed by atoms with E-state index in [2.05, 4.69) is 15.4 Å². The molecule has 0 fully saturated rings. The fourth-order valence-electron chi connectivity index (χ4n) is 2.99. The molecule has 0 saturated heterocycles. The van der Waals surface area contributed by atoms with Gasteiger partial charge in [0.05, 0.1) is 22.0 Å². The number of amides is 1. The summed E-state index contributed by atoms with van der Waals surface area (Å²) in [6, 6.07) is 5.70. The molecular formula is C20H19ClF3N5O2. The van der Waals surface area contributed by atoms with Crippen LogP contribution in [0.4, 0.5) is 18.9 Å². The third-order valence-corrected chi connectivity index (χ3v) is 4.80. The fraction of sp³-hybridized carbons (Fsp3) is 0.300. The van der Waals surface area contributed by atoms with E-state index in [1.807, 2.05) is 6.92 Å². The molecule has 0 radical (unpaired) electrons. The van der Waals surface area contributed by atoms with Gasteiger partial charge in [-0.1, -0.05) is 18.5 Å². The van der Waals surface area contributed by atoms with Crippen LogP contribution >= 0.6 is 11.6 Å². The number of hydrogen-bond donors (Lipinski definition) is 1. The highest BCUT2D eigenvalue weighted by molar-refractivity contribution is 6.33. The Labute approximate surface area is 180 Å². The first-order valence-electron chi connectivity index (χ1n) is 9.30. The standard InChI is InChI=1S/C20H19ClF3N5O2/c1-4-14-9-18(31)28(19(25-14)29-12(3)7-11(2)27-29)10-17(30)26-16-8-13(20(22,23)24)5-6-15(16)21/h5-9H,4,10H2,1-3H3,(H,26,30). The zero-order valence-corrected chi connectivity index (χ0v) is 17.7. The summed E-state index contributed by atoms with van der Waals surface area (Å²) in [4.78, 5) is 29.7. The predicted octanol–water partition coefficient (Wildman–Crippen LogP) is 3.92. The number of aryl methyl sites for hydroxylation is 3. The predicted molar refractivity (Wildman–Crippen MR) is 110 cm³/mol. The number of nitrogens with one attached hydrogen (secondary N) is 1. The second kappa shape index (κ2) is 8.54. The van der Waals surface area contributed by atoms with Gasteiger partial charge < -0.3 is 5.32 Å². The van der Waals surface area contributed by atoms with Crippen molar-refractivity contribution in [3.05, 3.63) is 68.4 Å². The molecule has 7 nitrogen and oxygen atoms in total. The van der Waals surface area contributed by atoms with E-state index in [-0.39, 0.29) is 16.7 Å². The van der Waals surface area contributed by atoms with Crippen LogP contribution in [0.1, 0.15) is 29.6 Å². The fourth-order valence-corrected chi connectivity index (χ4v) is 3.16. The van der Waals surface area contributed by atoms with Crippen LogP contribution in [0.5, 0.6) is 0 Å². The summed E-state index contributed by atoms with van der Waals surface area (Å²) in [5.74, 6) is -0.600. The maximum absolute atomic E-state index is 13.0. The lowest BCUT2D eigenvalue weighted by Gasteiger charge is -2.15. The van der Waals surface area contributed by atoms with E-state index < -0.39 is 29.8 Å². The third-order valence-electron chi connectivity index (χ3n) is 4.47. The Balaban J connectivity index is 1.97. The van der Waals surface area contributed by atoms with Gasteiger partial charge in [-0.2, -0.15) is 18.3 Å². The van der Waals surface area contributed by atoms with Crippen molar-refractivity contribution < 1.29 is 18.0 Å². The maximum Gasteiger partial charge on any atom is 0.416 e. The molecule has 1 amide bonds. The molecule has 0 bridgehead atoms. The van der Waals surface area contributed by atoms with Gasteiger partial charge >= 0.3 is 6.18 Å². The normalized spacial score (nSPS) is 11.6. The van der Waals surface area contributed by atoms with Crippen LogP contribution in [0.2, 0.25) is 5.02 Å². The smallest absolute Gasteiger partial charge is 0.323 e. The second-order valence-corrected chi connectivity index (χ2v) is 7.31. The quantitative estimate of drug-likeness (QED) is 0.635. The summed E-state index contributed by atoms with van der Waals surface area (Å²) < 4.78 is 41.5. The zero-order valence-electron chi connectivity index (χ0n) is 16.9. The number of halogens is 4. The van der Waals surface area contributed by atoms with E-state index in [0.717, 1.165) is 22.8 Å². The van der Waals surface area contributed by atoms with Gasteiger partial charge in [-0.15, -0.1) is 0 Å².